The van der Waals surface area contributed by atoms with Crippen LogP contribution < -0.4 is 10.5 Å². The molecule has 84 valence electrons. The standard InChI is InChI=1S/C10H13NO3.ClH/c1-2-14-9-5-7(6-11)3-4-8(9)10(12)13;/h3-5H,2,6,11H2,1H3,(H,12,13);1H. The zero-order chi connectivity index (χ0) is 10.6. The Balaban J connectivity index is 0.00000196. The average Bonchev–Trinajstić information content (AvgIpc) is 2.17. The van der Waals surface area contributed by atoms with Gasteiger partial charge in [-0.25, -0.2) is 4.79 Å². The molecule has 0 amide bonds. The SMILES string of the molecule is CCOc1cc(CN)ccc1C(=O)O.Cl. The molecular formula is C10H14ClNO3. The lowest BCUT2D eigenvalue weighted by Gasteiger charge is -2.08. The summed E-state index contributed by atoms with van der Waals surface area (Å²) in [5.74, 6) is -0.611. The number of benzene rings is 1. The van der Waals surface area contributed by atoms with E-state index in [0.29, 0.717) is 18.9 Å². The van der Waals surface area contributed by atoms with Gasteiger partial charge in [0.05, 0.1) is 6.61 Å². The highest BCUT2D eigenvalue weighted by atomic mass is 35.5. The van der Waals surface area contributed by atoms with Crippen molar-refractivity contribution in [3.05, 3.63) is 29.3 Å². The first-order valence-electron chi connectivity index (χ1n) is 4.38. The summed E-state index contributed by atoms with van der Waals surface area (Å²) in [4.78, 5) is 10.8. The summed E-state index contributed by atoms with van der Waals surface area (Å²) in [5, 5.41) is 8.84. The van der Waals surface area contributed by atoms with Gasteiger partial charge in [-0.2, -0.15) is 0 Å². The first kappa shape index (κ1) is 13.7. The van der Waals surface area contributed by atoms with E-state index >= 15 is 0 Å². The van der Waals surface area contributed by atoms with Crippen LogP contribution in [0.1, 0.15) is 22.8 Å². The van der Waals surface area contributed by atoms with Crippen LogP contribution in [0.2, 0.25) is 0 Å². The molecule has 0 bridgehead atoms. The number of halogens is 1. The highest BCUT2D eigenvalue weighted by Gasteiger charge is 2.10. The van der Waals surface area contributed by atoms with Gasteiger partial charge in [-0.3, -0.25) is 0 Å². The Bertz CT molecular complexity index is 341. The summed E-state index contributed by atoms with van der Waals surface area (Å²) < 4.78 is 5.20. The lowest BCUT2D eigenvalue weighted by Crippen LogP contribution is -2.05. The minimum Gasteiger partial charge on any atom is -0.493 e. The van der Waals surface area contributed by atoms with Crippen LogP contribution in [-0.4, -0.2) is 17.7 Å². The molecule has 0 saturated heterocycles. The number of nitrogens with two attached hydrogens (primary N) is 1. The van der Waals surface area contributed by atoms with Crippen molar-refractivity contribution in [3.8, 4) is 5.75 Å². The number of aromatic carboxylic acids is 1. The summed E-state index contributed by atoms with van der Waals surface area (Å²) in [6.07, 6.45) is 0. The molecule has 0 aliphatic carbocycles. The molecule has 0 aliphatic rings. The predicted octanol–water partition coefficient (Wildman–Crippen LogP) is 1.66. The van der Waals surface area contributed by atoms with Crippen molar-refractivity contribution in [1.29, 1.82) is 0 Å². The van der Waals surface area contributed by atoms with Crippen molar-refractivity contribution in [2.75, 3.05) is 6.61 Å². The quantitative estimate of drug-likeness (QED) is 0.827. The molecule has 1 rings (SSSR count). The van der Waals surface area contributed by atoms with Gasteiger partial charge in [0.15, 0.2) is 0 Å². The first-order valence-corrected chi connectivity index (χ1v) is 4.38. The van der Waals surface area contributed by atoms with E-state index in [1.54, 1.807) is 19.1 Å². The number of rotatable bonds is 4. The number of carboxylic acid groups (broad SMARTS) is 1. The third kappa shape index (κ3) is 3.42. The zero-order valence-corrected chi connectivity index (χ0v) is 9.21. The van der Waals surface area contributed by atoms with Gasteiger partial charge >= 0.3 is 5.97 Å². The van der Waals surface area contributed by atoms with Crippen LogP contribution in [-0.2, 0) is 6.54 Å². The first-order chi connectivity index (χ1) is 6.69. The Morgan fingerprint density at radius 3 is 2.67 bits per heavy atom. The molecule has 0 aliphatic heterocycles. The van der Waals surface area contributed by atoms with E-state index in [2.05, 4.69) is 0 Å². The lowest BCUT2D eigenvalue weighted by atomic mass is 10.1. The second kappa shape index (κ2) is 6.27. The predicted molar refractivity (Wildman–Crippen MR) is 59.7 cm³/mol. The molecule has 0 atom stereocenters. The number of hydrogen-bond donors (Lipinski definition) is 2. The minimum atomic E-state index is -0.989. The smallest absolute Gasteiger partial charge is 0.339 e. The van der Waals surface area contributed by atoms with Crippen LogP contribution >= 0.6 is 12.4 Å². The normalized spacial score (nSPS) is 9.20. The maximum atomic E-state index is 10.8. The summed E-state index contributed by atoms with van der Waals surface area (Å²) in [5.41, 5.74) is 6.47. The molecule has 5 heteroatoms. The third-order valence-corrected chi connectivity index (χ3v) is 1.81. The number of carbonyl (C=O) groups is 1. The molecule has 0 radical (unpaired) electrons. The van der Waals surface area contributed by atoms with Crippen LogP contribution in [0, 0.1) is 0 Å². The third-order valence-electron chi connectivity index (χ3n) is 1.81. The van der Waals surface area contributed by atoms with E-state index in [1.807, 2.05) is 0 Å². The molecular weight excluding hydrogens is 218 g/mol. The number of carboxylic acids is 1. The summed E-state index contributed by atoms with van der Waals surface area (Å²) in [6, 6.07) is 4.86. The van der Waals surface area contributed by atoms with Gasteiger partial charge in [0.25, 0.3) is 0 Å². The molecule has 1 aromatic rings. The molecule has 0 aromatic heterocycles. The summed E-state index contributed by atoms with van der Waals surface area (Å²) >= 11 is 0. The Kier molecular flexibility index (Phi) is 5.74. The van der Waals surface area contributed by atoms with E-state index in [-0.39, 0.29) is 18.0 Å². The highest BCUT2D eigenvalue weighted by molar-refractivity contribution is 5.90. The Morgan fingerprint density at radius 1 is 1.53 bits per heavy atom. The molecule has 0 fully saturated rings. The zero-order valence-electron chi connectivity index (χ0n) is 8.40. The van der Waals surface area contributed by atoms with Crippen LogP contribution in [0.15, 0.2) is 18.2 Å². The van der Waals surface area contributed by atoms with E-state index in [0.717, 1.165) is 5.56 Å². The monoisotopic (exact) mass is 231 g/mol. The molecule has 1 aromatic carbocycles. The van der Waals surface area contributed by atoms with Crippen molar-refractivity contribution >= 4 is 18.4 Å². The van der Waals surface area contributed by atoms with Gasteiger partial charge in [0.1, 0.15) is 11.3 Å². The van der Waals surface area contributed by atoms with Crippen molar-refractivity contribution in [2.24, 2.45) is 5.73 Å². The molecule has 0 spiro atoms. The van der Waals surface area contributed by atoms with Gasteiger partial charge < -0.3 is 15.6 Å². The fourth-order valence-corrected chi connectivity index (χ4v) is 1.15. The van der Waals surface area contributed by atoms with Crippen LogP contribution in [0.3, 0.4) is 0 Å². The second-order valence-corrected chi connectivity index (χ2v) is 2.77. The van der Waals surface area contributed by atoms with Crippen molar-refractivity contribution in [2.45, 2.75) is 13.5 Å². The van der Waals surface area contributed by atoms with E-state index in [9.17, 15) is 4.79 Å². The topological polar surface area (TPSA) is 72.5 Å². The second-order valence-electron chi connectivity index (χ2n) is 2.77. The Labute approximate surface area is 94.5 Å². The van der Waals surface area contributed by atoms with Gasteiger partial charge in [-0.1, -0.05) is 6.07 Å². The maximum absolute atomic E-state index is 10.8. The Hall–Kier alpha value is -1.26. The van der Waals surface area contributed by atoms with Gasteiger partial charge in [-0.05, 0) is 24.6 Å². The summed E-state index contributed by atoms with van der Waals surface area (Å²) in [6.45, 7) is 2.62. The van der Waals surface area contributed by atoms with Gasteiger partial charge in [0, 0.05) is 6.54 Å². The van der Waals surface area contributed by atoms with E-state index in [4.69, 9.17) is 15.6 Å². The van der Waals surface area contributed by atoms with Gasteiger partial charge in [0.2, 0.25) is 0 Å². The molecule has 15 heavy (non-hydrogen) atoms. The van der Waals surface area contributed by atoms with E-state index in [1.165, 1.54) is 6.07 Å². The fourth-order valence-electron chi connectivity index (χ4n) is 1.15. The van der Waals surface area contributed by atoms with Crippen LogP contribution in [0.25, 0.3) is 0 Å². The molecule has 3 N–H and O–H groups in total. The molecule has 0 saturated carbocycles. The lowest BCUT2D eigenvalue weighted by molar-refractivity contribution is 0.0692. The fraction of sp³-hybridized carbons (Fsp3) is 0.300. The van der Waals surface area contributed by atoms with Crippen molar-refractivity contribution in [1.82, 2.24) is 0 Å². The highest BCUT2D eigenvalue weighted by Crippen LogP contribution is 2.20. The van der Waals surface area contributed by atoms with Crippen molar-refractivity contribution in [3.63, 3.8) is 0 Å². The summed E-state index contributed by atoms with van der Waals surface area (Å²) in [7, 11) is 0. The number of ether oxygens (including phenoxy) is 1. The number of hydrogen-bond acceptors (Lipinski definition) is 3. The Morgan fingerprint density at radius 2 is 2.20 bits per heavy atom. The maximum Gasteiger partial charge on any atom is 0.339 e. The average molecular weight is 232 g/mol. The minimum absolute atomic E-state index is 0. The van der Waals surface area contributed by atoms with Crippen LogP contribution in [0.4, 0.5) is 0 Å². The molecule has 0 unspecified atom stereocenters. The van der Waals surface area contributed by atoms with Gasteiger partial charge in [-0.15, -0.1) is 12.4 Å². The molecule has 0 heterocycles. The largest absolute Gasteiger partial charge is 0.493 e. The van der Waals surface area contributed by atoms with Crippen LogP contribution in [0.5, 0.6) is 5.75 Å². The van der Waals surface area contributed by atoms with E-state index < -0.39 is 5.97 Å². The molecule has 4 nitrogen and oxygen atoms in total. The van der Waals surface area contributed by atoms with Crippen molar-refractivity contribution < 1.29 is 14.6 Å².